The second kappa shape index (κ2) is 7.01. The number of thioether (sulfide) groups is 1. The fourth-order valence-electron chi connectivity index (χ4n) is 2.27. The Morgan fingerprint density at radius 3 is 2.86 bits per heavy atom. The summed E-state index contributed by atoms with van der Waals surface area (Å²) in [5.74, 6) is 3.52. The van der Waals surface area contributed by atoms with Gasteiger partial charge in [0.05, 0.1) is 0 Å². The van der Waals surface area contributed by atoms with Gasteiger partial charge in [-0.15, -0.1) is 0 Å². The number of halogens is 2. The first-order chi connectivity index (χ1) is 10.2. The molecule has 1 aromatic carbocycles. The van der Waals surface area contributed by atoms with Gasteiger partial charge in [0, 0.05) is 47.0 Å². The molecule has 0 spiro atoms. The number of nitrogens with one attached hydrogen (secondary N) is 1. The summed E-state index contributed by atoms with van der Waals surface area (Å²) >= 11 is 14.3. The Morgan fingerprint density at radius 2 is 2.14 bits per heavy atom. The summed E-state index contributed by atoms with van der Waals surface area (Å²) < 4.78 is 5.32. The Balaban J connectivity index is 1.67. The molecule has 0 amide bonds. The van der Waals surface area contributed by atoms with E-state index in [0.29, 0.717) is 34.2 Å². The standard InChI is InChI=1S/C14H15Cl2N3OS/c15-11-2-1-3-12(16)10(11)7-13-18-14(20-19-13)6-9-8-21-5-4-17-9/h1-3,9,17H,4-8H2. The Labute approximate surface area is 137 Å². The van der Waals surface area contributed by atoms with Crippen LogP contribution in [0.4, 0.5) is 0 Å². The second-order valence-corrected chi connectivity index (χ2v) is 6.88. The van der Waals surface area contributed by atoms with Crippen LogP contribution in [-0.2, 0) is 12.8 Å². The monoisotopic (exact) mass is 343 g/mol. The lowest BCUT2D eigenvalue weighted by atomic mass is 10.1. The van der Waals surface area contributed by atoms with Crippen LogP contribution in [0.25, 0.3) is 0 Å². The number of benzene rings is 1. The van der Waals surface area contributed by atoms with Gasteiger partial charge >= 0.3 is 0 Å². The summed E-state index contributed by atoms with van der Waals surface area (Å²) in [6.07, 6.45) is 1.24. The number of hydrogen-bond acceptors (Lipinski definition) is 5. The number of hydrogen-bond donors (Lipinski definition) is 1. The van der Waals surface area contributed by atoms with Crippen molar-refractivity contribution in [2.45, 2.75) is 18.9 Å². The minimum absolute atomic E-state index is 0.404. The fraction of sp³-hybridized carbons (Fsp3) is 0.429. The first-order valence-electron chi connectivity index (χ1n) is 6.78. The Hall–Kier alpha value is -0.750. The molecule has 0 saturated carbocycles. The molecule has 1 aromatic heterocycles. The SMILES string of the molecule is Clc1cccc(Cl)c1Cc1noc(CC2CSCCN2)n1. The molecule has 112 valence electrons. The van der Waals surface area contributed by atoms with Gasteiger partial charge in [-0.2, -0.15) is 16.7 Å². The van der Waals surface area contributed by atoms with Crippen molar-refractivity contribution in [2.75, 3.05) is 18.1 Å². The predicted octanol–water partition coefficient (Wildman–Crippen LogP) is 3.21. The molecule has 0 aliphatic carbocycles. The van der Waals surface area contributed by atoms with Crippen LogP contribution in [0.5, 0.6) is 0 Å². The smallest absolute Gasteiger partial charge is 0.228 e. The van der Waals surface area contributed by atoms with E-state index in [0.717, 1.165) is 30.0 Å². The largest absolute Gasteiger partial charge is 0.339 e. The molecule has 1 aliphatic heterocycles. The Kier molecular flexibility index (Phi) is 5.06. The van der Waals surface area contributed by atoms with Gasteiger partial charge in [0.1, 0.15) is 0 Å². The van der Waals surface area contributed by atoms with Crippen LogP contribution >= 0.6 is 35.0 Å². The average molecular weight is 344 g/mol. The van der Waals surface area contributed by atoms with Crippen molar-refractivity contribution in [1.82, 2.24) is 15.5 Å². The van der Waals surface area contributed by atoms with Gasteiger partial charge in [0.15, 0.2) is 5.82 Å². The highest BCUT2D eigenvalue weighted by molar-refractivity contribution is 7.99. The zero-order valence-corrected chi connectivity index (χ0v) is 13.6. The van der Waals surface area contributed by atoms with Gasteiger partial charge in [-0.25, -0.2) is 0 Å². The van der Waals surface area contributed by atoms with E-state index >= 15 is 0 Å². The van der Waals surface area contributed by atoms with Gasteiger partial charge < -0.3 is 9.84 Å². The number of aromatic nitrogens is 2. The molecule has 1 saturated heterocycles. The van der Waals surface area contributed by atoms with Crippen LogP contribution in [0.3, 0.4) is 0 Å². The topological polar surface area (TPSA) is 51.0 Å². The molecule has 1 atom stereocenters. The lowest BCUT2D eigenvalue weighted by Gasteiger charge is -2.21. The second-order valence-electron chi connectivity index (χ2n) is 4.91. The Morgan fingerprint density at radius 1 is 1.33 bits per heavy atom. The number of nitrogens with zero attached hydrogens (tertiary/aromatic N) is 2. The lowest BCUT2D eigenvalue weighted by molar-refractivity contribution is 0.359. The summed E-state index contributed by atoms with van der Waals surface area (Å²) in [6.45, 7) is 1.03. The molecule has 1 N–H and O–H groups in total. The maximum absolute atomic E-state index is 6.16. The summed E-state index contributed by atoms with van der Waals surface area (Å²) in [6, 6.07) is 5.85. The molecule has 0 radical (unpaired) electrons. The van der Waals surface area contributed by atoms with E-state index in [2.05, 4.69) is 15.5 Å². The van der Waals surface area contributed by atoms with E-state index in [1.807, 2.05) is 30.0 Å². The molecule has 7 heteroatoms. The van der Waals surface area contributed by atoms with Gasteiger partial charge in [-0.05, 0) is 17.7 Å². The zero-order valence-electron chi connectivity index (χ0n) is 11.3. The van der Waals surface area contributed by atoms with Gasteiger partial charge in [-0.1, -0.05) is 34.4 Å². The van der Waals surface area contributed by atoms with Gasteiger partial charge in [-0.3, -0.25) is 0 Å². The number of rotatable bonds is 4. The highest BCUT2D eigenvalue weighted by Crippen LogP contribution is 2.26. The molecular weight excluding hydrogens is 329 g/mol. The third-order valence-corrected chi connectivity index (χ3v) is 5.17. The van der Waals surface area contributed by atoms with Crippen molar-refractivity contribution in [2.24, 2.45) is 0 Å². The Bertz CT molecular complexity index is 594. The van der Waals surface area contributed by atoms with E-state index < -0.39 is 0 Å². The first kappa shape index (κ1) is 15.2. The van der Waals surface area contributed by atoms with Crippen molar-refractivity contribution in [3.05, 3.63) is 45.5 Å². The predicted molar refractivity (Wildman–Crippen MR) is 86.4 cm³/mol. The third kappa shape index (κ3) is 3.92. The molecule has 1 unspecified atom stereocenters. The van der Waals surface area contributed by atoms with Crippen LogP contribution < -0.4 is 5.32 Å². The van der Waals surface area contributed by atoms with Crippen LogP contribution in [0.15, 0.2) is 22.7 Å². The van der Waals surface area contributed by atoms with Crippen molar-refractivity contribution in [1.29, 1.82) is 0 Å². The first-order valence-corrected chi connectivity index (χ1v) is 8.69. The summed E-state index contributed by atoms with van der Waals surface area (Å²) in [5, 5.41) is 8.72. The molecule has 0 bridgehead atoms. The molecule has 2 aromatic rings. The molecule has 1 fully saturated rings. The fourth-order valence-corrected chi connectivity index (χ4v) is 3.75. The van der Waals surface area contributed by atoms with E-state index in [9.17, 15) is 0 Å². The van der Waals surface area contributed by atoms with Gasteiger partial charge in [0.25, 0.3) is 0 Å². The van der Waals surface area contributed by atoms with E-state index in [-0.39, 0.29) is 0 Å². The molecule has 4 nitrogen and oxygen atoms in total. The normalized spacial score (nSPS) is 18.9. The quantitative estimate of drug-likeness (QED) is 0.923. The van der Waals surface area contributed by atoms with Crippen molar-refractivity contribution < 1.29 is 4.52 Å². The third-order valence-electron chi connectivity index (χ3n) is 3.33. The van der Waals surface area contributed by atoms with Crippen molar-refractivity contribution in [3.8, 4) is 0 Å². The summed E-state index contributed by atoms with van der Waals surface area (Å²) in [4.78, 5) is 4.44. The minimum Gasteiger partial charge on any atom is -0.339 e. The van der Waals surface area contributed by atoms with E-state index in [1.165, 1.54) is 0 Å². The molecule has 2 heterocycles. The van der Waals surface area contributed by atoms with Crippen LogP contribution in [0, 0.1) is 0 Å². The van der Waals surface area contributed by atoms with Crippen LogP contribution in [0.1, 0.15) is 17.3 Å². The lowest BCUT2D eigenvalue weighted by Crippen LogP contribution is -2.38. The summed E-state index contributed by atoms with van der Waals surface area (Å²) in [7, 11) is 0. The van der Waals surface area contributed by atoms with E-state index in [1.54, 1.807) is 0 Å². The average Bonchev–Trinajstić information content (AvgIpc) is 2.91. The van der Waals surface area contributed by atoms with E-state index in [4.69, 9.17) is 27.7 Å². The van der Waals surface area contributed by atoms with Crippen molar-refractivity contribution in [3.63, 3.8) is 0 Å². The zero-order chi connectivity index (χ0) is 14.7. The highest BCUT2D eigenvalue weighted by atomic mass is 35.5. The van der Waals surface area contributed by atoms with Gasteiger partial charge in [0.2, 0.25) is 5.89 Å². The maximum atomic E-state index is 6.16. The maximum Gasteiger partial charge on any atom is 0.228 e. The van der Waals surface area contributed by atoms with Crippen LogP contribution in [-0.4, -0.2) is 34.2 Å². The molecule has 1 aliphatic rings. The molecule has 3 rings (SSSR count). The summed E-state index contributed by atoms with van der Waals surface area (Å²) in [5.41, 5.74) is 0.833. The van der Waals surface area contributed by atoms with Crippen LogP contribution in [0.2, 0.25) is 10.0 Å². The van der Waals surface area contributed by atoms with Crippen molar-refractivity contribution >= 4 is 35.0 Å². The minimum atomic E-state index is 0.404. The molecule has 21 heavy (non-hydrogen) atoms. The molecular formula is C14H15Cl2N3OS. The highest BCUT2D eigenvalue weighted by Gasteiger charge is 2.18.